The van der Waals surface area contributed by atoms with Crippen molar-refractivity contribution in [3.63, 3.8) is 0 Å². The SMILES string of the molecule is CCC[C@H](O)[C@H](N)c1ccc(OC)c(O)c1. The van der Waals surface area contributed by atoms with Crippen molar-refractivity contribution in [1.29, 1.82) is 0 Å². The van der Waals surface area contributed by atoms with E-state index in [4.69, 9.17) is 10.5 Å². The fourth-order valence-electron chi connectivity index (χ4n) is 1.61. The highest BCUT2D eigenvalue weighted by atomic mass is 16.5. The van der Waals surface area contributed by atoms with Gasteiger partial charge in [-0.25, -0.2) is 0 Å². The molecule has 0 saturated carbocycles. The third-order valence-corrected chi connectivity index (χ3v) is 2.59. The van der Waals surface area contributed by atoms with Gasteiger partial charge >= 0.3 is 0 Å². The van der Waals surface area contributed by atoms with Gasteiger partial charge in [-0.05, 0) is 24.1 Å². The molecule has 0 aliphatic carbocycles. The van der Waals surface area contributed by atoms with E-state index >= 15 is 0 Å². The molecule has 0 aromatic heterocycles. The maximum absolute atomic E-state index is 9.75. The van der Waals surface area contributed by atoms with E-state index < -0.39 is 12.1 Å². The summed E-state index contributed by atoms with van der Waals surface area (Å²) in [6, 6.07) is 4.45. The molecule has 4 heteroatoms. The number of aliphatic hydroxyl groups excluding tert-OH is 1. The van der Waals surface area contributed by atoms with Crippen LogP contribution >= 0.6 is 0 Å². The second-order valence-corrected chi connectivity index (χ2v) is 3.81. The second-order valence-electron chi connectivity index (χ2n) is 3.81. The summed E-state index contributed by atoms with van der Waals surface area (Å²) >= 11 is 0. The molecule has 0 bridgehead atoms. The van der Waals surface area contributed by atoms with E-state index in [2.05, 4.69) is 0 Å². The van der Waals surface area contributed by atoms with Gasteiger partial charge in [0.2, 0.25) is 0 Å². The highest BCUT2D eigenvalue weighted by molar-refractivity contribution is 5.42. The smallest absolute Gasteiger partial charge is 0.160 e. The van der Waals surface area contributed by atoms with Crippen LogP contribution in [0.15, 0.2) is 18.2 Å². The number of hydrogen-bond acceptors (Lipinski definition) is 4. The Morgan fingerprint density at radius 3 is 2.62 bits per heavy atom. The molecule has 0 amide bonds. The molecule has 0 spiro atoms. The summed E-state index contributed by atoms with van der Waals surface area (Å²) in [6.45, 7) is 1.99. The Hall–Kier alpha value is -1.26. The average molecular weight is 225 g/mol. The Bertz CT molecular complexity index is 341. The number of aliphatic hydroxyl groups is 1. The van der Waals surface area contributed by atoms with Crippen molar-refractivity contribution < 1.29 is 14.9 Å². The van der Waals surface area contributed by atoms with E-state index in [1.807, 2.05) is 6.92 Å². The quantitative estimate of drug-likeness (QED) is 0.711. The van der Waals surface area contributed by atoms with Crippen LogP contribution in [0.1, 0.15) is 31.4 Å². The van der Waals surface area contributed by atoms with Crippen LogP contribution in [0.25, 0.3) is 0 Å². The summed E-state index contributed by atoms with van der Waals surface area (Å²) < 4.78 is 4.93. The second kappa shape index (κ2) is 5.72. The number of phenolic OH excluding ortho intramolecular Hbond substituents is 1. The minimum Gasteiger partial charge on any atom is -0.504 e. The maximum atomic E-state index is 9.75. The summed E-state index contributed by atoms with van der Waals surface area (Å²) in [5.41, 5.74) is 6.59. The van der Waals surface area contributed by atoms with Crippen molar-refractivity contribution in [3.8, 4) is 11.5 Å². The summed E-state index contributed by atoms with van der Waals surface area (Å²) in [4.78, 5) is 0. The molecule has 1 aromatic carbocycles. The van der Waals surface area contributed by atoms with Gasteiger partial charge < -0.3 is 20.7 Å². The molecule has 0 fully saturated rings. The van der Waals surface area contributed by atoms with Gasteiger partial charge in [0.15, 0.2) is 11.5 Å². The standard InChI is InChI=1S/C12H19NO3/c1-3-4-9(14)12(13)8-5-6-11(16-2)10(15)7-8/h5-7,9,12,14-15H,3-4,13H2,1-2H3/t9-,12+/m0/s1. The molecule has 4 N–H and O–H groups in total. The van der Waals surface area contributed by atoms with E-state index in [1.54, 1.807) is 12.1 Å². The highest BCUT2D eigenvalue weighted by Gasteiger charge is 2.17. The molecule has 4 nitrogen and oxygen atoms in total. The summed E-state index contributed by atoms with van der Waals surface area (Å²) in [6.07, 6.45) is 0.933. The van der Waals surface area contributed by atoms with Gasteiger partial charge in [0.25, 0.3) is 0 Å². The van der Waals surface area contributed by atoms with Gasteiger partial charge in [-0.2, -0.15) is 0 Å². The van der Waals surface area contributed by atoms with Crippen molar-refractivity contribution >= 4 is 0 Å². The molecule has 90 valence electrons. The largest absolute Gasteiger partial charge is 0.504 e. The molecule has 0 aliphatic heterocycles. The lowest BCUT2D eigenvalue weighted by Crippen LogP contribution is -2.25. The zero-order valence-corrected chi connectivity index (χ0v) is 9.68. The first-order valence-electron chi connectivity index (χ1n) is 5.40. The van der Waals surface area contributed by atoms with Crippen LogP contribution in [-0.4, -0.2) is 23.4 Å². The Labute approximate surface area is 95.7 Å². The van der Waals surface area contributed by atoms with Gasteiger partial charge in [-0.15, -0.1) is 0 Å². The average Bonchev–Trinajstić information content (AvgIpc) is 2.28. The van der Waals surface area contributed by atoms with E-state index in [0.29, 0.717) is 17.7 Å². The van der Waals surface area contributed by atoms with Gasteiger partial charge in [-0.3, -0.25) is 0 Å². The van der Waals surface area contributed by atoms with Crippen molar-refractivity contribution in [2.24, 2.45) is 5.73 Å². The number of nitrogens with two attached hydrogens (primary N) is 1. The Morgan fingerprint density at radius 2 is 2.12 bits per heavy atom. The van der Waals surface area contributed by atoms with E-state index in [-0.39, 0.29) is 5.75 Å². The molecule has 1 rings (SSSR count). The van der Waals surface area contributed by atoms with Crippen LogP contribution in [0.4, 0.5) is 0 Å². The number of ether oxygens (including phenoxy) is 1. The maximum Gasteiger partial charge on any atom is 0.160 e. The Kier molecular flexibility index (Phi) is 4.58. The number of rotatable bonds is 5. The molecule has 0 aliphatic rings. The monoisotopic (exact) mass is 225 g/mol. The van der Waals surface area contributed by atoms with Crippen LogP contribution < -0.4 is 10.5 Å². The molecule has 2 atom stereocenters. The first-order chi connectivity index (χ1) is 7.60. The highest BCUT2D eigenvalue weighted by Crippen LogP contribution is 2.29. The fraction of sp³-hybridized carbons (Fsp3) is 0.500. The number of hydrogen-bond donors (Lipinski definition) is 3. The molecule has 0 heterocycles. The Balaban J connectivity index is 2.84. The van der Waals surface area contributed by atoms with Gasteiger partial charge in [0.05, 0.1) is 19.3 Å². The topological polar surface area (TPSA) is 75.7 Å². The fourth-order valence-corrected chi connectivity index (χ4v) is 1.61. The van der Waals surface area contributed by atoms with Crippen LogP contribution in [0.5, 0.6) is 11.5 Å². The first kappa shape index (κ1) is 12.8. The first-order valence-corrected chi connectivity index (χ1v) is 5.40. The lowest BCUT2D eigenvalue weighted by molar-refractivity contribution is 0.134. The molecule has 0 radical (unpaired) electrons. The predicted octanol–water partition coefficient (Wildman–Crippen LogP) is 1.56. The number of methoxy groups -OCH3 is 1. The number of phenols is 1. The normalized spacial score (nSPS) is 14.5. The molecule has 1 aromatic rings. The van der Waals surface area contributed by atoms with Crippen LogP contribution in [0.3, 0.4) is 0 Å². The molecular formula is C12H19NO3. The number of aromatic hydroxyl groups is 1. The zero-order valence-electron chi connectivity index (χ0n) is 9.68. The zero-order chi connectivity index (χ0) is 12.1. The van der Waals surface area contributed by atoms with Gasteiger partial charge in [0.1, 0.15) is 0 Å². The van der Waals surface area contributed by atoms with E-state index in [9.17, 15) is 10.2 Å². The minimum atomic E-state index is -0.585. The molecule has 0 unspecified atom stereocenters. The van der Waals surface area contributed by atoms with E-state index in [0.717, 1.165) is 6.42 Å². The van der Waals surface area contributed by atoms with Crippen molar-refractivity contribution in [1.82, 2.24) is 0 Å². The van der Waals surface area contributed by atoms with E-state index in [1.165, 1.54) is 13.2 Å². The molecule has 0 saturated heterocycles. The van der Waals surface area contributed by atoms with Gasteiger partial charge in [0, 0.05) is 0 Å². The lowest BCUT2D eigenvalue weighted by Gasteiger charge is -2.19. The van der Waals surface area contributed by atoms with Crippen molar-refractivity contribution in [3.05, 3.63) is 23.8 Å². The predicted molar refractivity (Wildman–Crippen MR) is 62.5 cm³/mol. The van der Waals surface area contributed by atoms with Crippen molar-refractivity contribution in [2.75, 3.05) is 7.11 Å². The van der Waals surface area contributed by atoms with Crippen LogP contribution in [0.2, 0.25) is 0 Å². The molecular weight excluding hydrogens is 206 g/mol. The minimum absolute atomic E-state index is 0.0409. The van der Waals surface area contributed by atoms with Crippen LogP contribution in [0, 0.1) is 0 Å². The van der Waals surface area contributed by atoms with Crippen LogP contribution in [-0.2, 0) is 0 Å². The number of benzene rings is 1. The summed E-state index contributed by atoms with van der Waals surface area (Å²) in [7, 11) is 1.49. The lowest BCUT2D eigenvalue weighted by atomic mass is 9.99. The van der Waals surface area contributed by atoms with Crippen molar-refractivity contribution in [2.45, 2.75) is 31.9 Å². The van der Waals surface area contributed by atoms with Gasteiger partial charge in [-0.1, -0.05) is 19.4 Å². The third-order valence-electron chi connectivity index (χ3n) is 2.59. The Morgan fingerprint density at radius 1 is 1.44 bits per heavy atom. The summed E-state index contributed by atoms with van der Waals surface area (Å²) in [5, 5.41) is 19.3. The summed E-state index contributed by atoms with van der Waals surface area (Å²) in [5.74, 6) is 0.445. The molecule has 16 heavy (non-hydrogen) atoms. The third kappa shape index (κ3) is 2.87.